The summed E-state index contributed by atoms with van der Waals surface area (Å²) in [6, 6.07) is 1.88. The van der Waals surface area contributed by atoms with Crippen LogP contribution in [0, 0.1) is 6.92 Å². The lowest BCUT2D eigenvalue weighted by atomic mass is 10.0. The van der Waals surface area contributed by atoms with Gasteiger partial charge in [-0.3, -0.25) is 4.79 Å². The van der Waals surface area contributed by atoms with Gasteiger partial charge in [0.15, 0.2) is 0 Å². The van der Waals surface area contributed by atoms with Gasteiger partial charge in [-0.15, -0.1) is 11.3 Å². The van der Waals surface area contributed by atoms with E-state index in [-0.39, 0.29) is 18.5 Å². The molecule has 0 spiro atoms. The second-order valence-electron chi connectivity index (χ2n) is 5.34. The highest BCUT2D eigenvalue weighted by atomic mass is 32.1. The van der Waals surface area contributed by atoms with Crippen molar-refractivity contribution in [2.45, 2.75) is 38.8 Å². The summed E-state index contributed by atoms with van der Waals surface area (Å²) in [5, 5.41) is 7.24. The van der Waals surface area contributed by atoms with Crippen LogP contribution in [-0.2, 0) is 11.3 Å². The lowest BCUT2D eigenvalue weighted by Crippen LogP contribution is -2.40. The van der Waals surface area contributed by atoms with E-state index in [2.05, 4.69) is 10.1 Å². The van der Waals surface area contributed by atoms with E-state index in [1.807, 2.05) is 17.2 Å². The Hall–Kier alpha value is -1.89. The largest absolute Gasteiger partial charge is 0.384 e. The number of rotatable bonds is 3. The molecule has 2 aromatic rings. The number of hydrogen-bond donors (Lipinski definition) is 1. The van der Waals surface area contributed by atoms with Crippen molar-refractivity contribution in [3.8, 4) is 0 Å². The SMILES string of the molecule is Cc1cc(N)n(CC(=O)N2CCCCC2c2nccs2)n1. The first-order valence-corrected chi connectivity index (χ1v) is 8.02. The predicted octanol–water partition coefficient (Wildman–Crippen LogP) is 1.98. The van der Waals surface area contributed by atoms with Gasteiger partial charge < -0.3 is 10.6 Å². The van der Waals surface area contributed by atoms with Crippen molar-refractivity contribution in [3.05, 3.63) is 28.3 Å². The van der Waals surface area contributed by atoms with Gasteiger partial charge in [0, 0.05) is 24.2 Å². The third-order valence-electron chi connectivity index (χ3n) is 3.78. The van der Waals surface area contributed by atoms with E-state index < -0.39 is 0 Å². The first-order chi connectivity index (χ1) is 10.1. The number of nitrogens with two attached hydrogens (primary N) is 1. The first-order valence-electron chi connectivity index (χ1n) is 7.14. The minimum atomic E-state index is 0.0599. The zero-order valence-electron chi connectivity index (χ0n) is 12.0. The van der Waals surface area contributed by atoms with Crippen LogP contribution in [0.2, 0.25) is 0 Å². The number of likely N-dealkylation sites (tertiary alicyclic amines) is 1. The van der Waals surface area contributed by atoms with Crippen LogP contribution in [0.1, 0.15) is 36.0 Å². The van der Waals surface area contributed by atoms with Gasteiger partial charge in [0.1, 0.15) is 17.4 Å². The Balaban J connectivity index is 1.77. The Bertz CT molecular complexity index is 621. The van der Waals surface area contributed by atoms with E-state index in [4.69, 9.17) is 5.73 Å². The zero-order chi connectivity index (χ0) is 14.8. The molecule has 1 atom stereocenters. The lowest BCUT2D eigenvalue weighted by Gasteiger charge is -2.34. The molecule has 0 bridgehead atoms. The molecule has 1 amide bonds. The number of aryl methyl sites for hydroxylation is 1. The molecule has 1 saturated heterocycles. The van der Waals surface area contributed by atoms with Crippen LogP contribution in [0.3, 0.4) is 0 Å². The normalized spacial score (nSPS) is 18.9. The smallest absolute Gasteiger partial charge is 0.244 e. The summed E-state index contributed by atoms with van der Waals surface area (Å²) < 4.78 is 1.57. The number of nitrogens with zero attached hydrogens (tertiary/aromatic N) is 4. The minimum Gasteiger partial charge on any atom is -0.384 e. The van der Waals surface area contributed by atoms with Crippen molar-refractivity contribution < 1.29 is 4.79 Å². The van der Waals surface area contributed by atoms with Crippen LogP contribution in [0.25, 0.3) is 0 Å². The van der Waals surface area contributed by atoms with E-state index in [0.29, 0.717) is 5.82 Å². The van der Waals surface area contributed by atoms with Crippen LogP contribution in [0.15, 0.2) is 17.6 Å². The van der Waals surface area contributed by atoms with Crippen LogP contribution < -0.4 is 5.73 Å². The fourth-order valence-electron chi connectivity index (χ4n) is 2.80. The summed E-state index contributed by atoms with van der Waals surface area (Å²) in [5.74, 6) is 0.591. The summed E-state index contributed by atoms with van der Waals surface area (Å²) in [4.78, 5) is 18.9. The van der Waals surface area contributed by atoms with Gasteiger partial charge in [-0.2, -0.15) is 5.10 Å². The number of hydrogen-bond acceptors (Lipinski definition) is 5. The molecule has 0 aromatic carbocycles. The van der Waals surface area contributed by atoms with E-state index in [0.717, 1.165) is 36.5 Å². The quantitative estimate of drug-likeness (QED) is 0.940. The molecule has 7 heteroatoms. The second-order valence-corrected chi connectivity index (χ2v) is 6.26. The van der Waals surface area contributed by atoms with Crippen LogP contribution in [0.5, 0.6) is 0 Å². The number of aromatic nitrogens is 3. The second kappa shape index (κ2) is 5.85. The fourth-order valence-corrected chi connectivity index (χ4v) is 3.58. The molecule has 1 fully saturated rings. The predicted molar refractivity (Wildman–Crippen MR) is 81.8 cm³/mol. The average Bonchev–Trinajstić information content (AvgIpc) is 3.09. The standard InChI is InChI=1S/C14H19N5OS/c1-10-8-12(15)19(17-10)9-13(20)18-6-3-2-4-11(18)14-16-5-7-21-14/h5,7-8,11H,2-4,6,9,15H2,1H3. The van der Waals surface area contributed by atoms with Crippen molar-refractivity contribution in [2.75, 3.05) is 12.3 Å². The van der Waals surface area contributed by atoms with Gasteiger partial charge in [-0.05, 0) is 26.2 Å². The van der Waals surface area contributed by atoms with Gasteiger partial charge >= 0.3 is 0 Å². The summed E-state index contributed by atoms with van der Waals surface area (Å²) in [6.07, 6.45) is 4.96. The highest BCUT2D eigenvalue weighted by molar-refractivity contribution is 7.09. The van der Waals surface area contributed by atoms with Crippen molar-refractivity contribution in [1.29, 1.82) is 0 Å². The van der Waals surface area contributed by atoms with Gasteiger partial charge in [0.05, 0.1) is 11.7 Å². The lowest BCUT2D eigenvalue weighted by molar-refractivity contribution is -0.135. The number of anilines is 1. The third kappa shape index (κ3) is 2.92. The molecule has 0 saturated carbocycles. The van der Waals surface area contributed by atoms with Crippen LogP contribution in [0.4, 0.5) is 5.82 Å². The molecule has 2 aromatic heterocycles. The van der Waals surface area contributed by atoms with Crippen LogP contribution in [-0.4, -0.2) is 32.1 Å². The van der Waals surface area contributed by atoms with Gasteiger partial charge in [-0.1, -0.05) is 0 Å². The number of thiazole rings is 1. The molecule has 21 heavy (non-hydrogen) atoms. The van der Waals surface area contributed by atoms with Crippen molar-refractivity contribution in [3.63, 3.8) is 0 Å². The molecule has 0 aliphatic carbocycles. The molecular formula is C14H19N5OS. The number of carbonyl (C=O) groups excluding carboxylic acids is 1. The highest BCUT2D eigenvalue weighted by Gasteiger charge is 2.29. The molecule has 6 nitrogen and oxygen atoms in total. The van der Waals surface area contributed by atoms with E-state index in [9.17, 15) is 4.79 Å². The molecule has 1 unspecified atom stereocenters. The number of carbonyl (C=O) groups is 1. The summed E-state index contributed by atoms with van der Waals surface area (Å²) in [5.41, 5.74) is 6.70. The van der Waals surface area contributed by atoms with Gasteiger partial charge in [0.2, 0.25) is 5.91 Å². The Kier molecular flexibility index (Phi) is 3.92. The molecule has 0 radical (unpaired) electrons. The Morgan fingerprint density at radius 3 is 3.05 bits per heavy atom. The molecule has 2 N–H and O–H groups in total. The summed E-state index contributed by atoms with van der Waals surface area (Å²) >= 11 is 1.61. The maximum atomic E-state index is 12.6. The van der Waals surface area contributed by atoms with Gasteiger partial charge in [0.25, 0.3) is 0 Å². The first kappa shape index (κ1) is 14.1. The maximum Gasteiger partial charge on any atom is 0.244 e. The van der Waals surface area contributed by atoms with E-state index >= 15 is 0 Å². The van der Waals surface area contributed by atoms with E-state index in [1.54, 1.807) is 28.3 Å². The Labute approximate surface area is 127 Å². The molecule has 3 rings (SSSR count). The molecule has 1 aliphatic rings. The minimum absolute atomic E-state index is 0.0599. The van der Waals surface area contributed by atoms with Gasteiger partial charge in [-0.25, -0.2) is 9.67 Å². The van der Waals surface area contributed by atoms with Crippen LogP contribution >= 0.6 is 11.3 Å². The monoisotopic (exact) mass is 305 g/mol. The van der Waals surface area contributed by atoms with Crippen molar-refractivity contribution >= 4 is 23.1 Å². The topological polar surface area (TPSA) is 77.0 Å². The maximum absolute atomic E-state index is 12.6. The van der Waals surface area contributed by atoms with Crippen molar-refractivity contribution in [1.82, 2.24) is 19.7 Å². The molecular weight excluding hydrogens is 286 g/mol. The molecule has 3 heterocycles. The molecule has 1 aliphatic heterocycles. The van der Waals surface area contributed by atoms with Crippen molar-refractivity contribution in [2.24, 2.45) is 0 Å². The third-order valence-corrected chi connectivity index (χ3v) is 4.65. The highest BCUT2D eigenvalue weighted by Crippen LogP contribution is 2.32. The Morgan fingerprint density at radius 1 is 1.52 bits per heavy atom. The molecule has 112 valence electrons. The summed E-state index contributed by atoms with van der Waals surface area (Å²) in [7, 11) is 0. The number of piperidine rings is 1. The Morgan fingerprint density at radius 2 is 2.38 bits per heavy atom. The average molecular weight is 305 g/mol. The number of amides is 1. The zero-order valence-corrected chi connectivity index (χ0v) is 12.8. The van der Waals surface area contributed by atoms with E-state index in [1.165, 1.54) is 0 Å². The summed E-state index contributed by atoms with van der Waals surface area (Å²) in [6.45, 7) is 2.85. The number of nitrogen functional groups attached to an aromatic ring is 1. The fraction of sp³-hybridized carbons (Fsp3) is 0.500.